The molecular weight excluding hydrogens is 339 g/mol. The monoisotopic (exact) mass is 354 g/mol. The molecule has 1 saturated heterocycles. The van der Waals surface area contributed by atoms with Crippen LogP contribution in [-0.2, 0) is 6.54 Å². The molecule has 1 aliphatic heterocycles. The third-order valence-corrected chi connectivity index (χ3v) is 4.79. The number of benzene rings is 3. The number of amides is 2. The fourth-order valence-corrected chi connectivity index (χ4v) is 3.35. The fourth-order valence-electron chi connectivity index (χ4n) is 3.18. The number of urea groups is 1. The van der Waals surface area contributed by atoms with Crippen molar-refractivity contribution in [3.63, 3.8) is 0 Å². The van der Waals surface area contributed by atoms with Crippen molar-refractivity contribution in [2.45, 2.75) is 6.54 Å². The summed E-state index contributed by atoms with van der Waals surface area (Å²) in [6.45, 7) is 1.74. The third-order valence-electron chi connectivity index (χ3n) is 4.50. The second-order valence-corrected chi connectivity index (χ2v) is 6.54. The maximum atomic E-state index is 13.3. The Bertz CT molecular complexity index is 959. The second-order valence-electron chi connectivity index (χ2n) is 6.14. The zero-order valence-electron chi connectivity index (χ0n) is 13.5. The molecule has 0 bridgehead atoms. The SMILES string of the molecule is O=C1N(Cc2ccc3ccccc3c2)CCN1c1ccc(F)c(Cl)c1. The van der Waals surface area contributed by atoms with E-state index in [2.05, 4.69) is 24.3 Å². The molecular formula is C20H16ClFN2O. The lowest BCUT2D eigenvalue weighted by Crippen LogP contribution is -2.31. The van der Waals surface area contributed by atoms with Crippen LogP contribution in [0.25, 0.3) is 10.8 Å². The Labute approximate surface area is 150 Å². The Balaban J connectivity index is 1.53. The number of halogens is 2. The summed E-state index contributed by atoms with van der Waals surface area (Å²) in [5, 5.41) is 2.37. The minimum Gasteiger partial charge on any atom is -0.318 e. The van der Waals surface area contributed by atoms with Gasteiger partial charge in [-0.05, 0) is 40.6 Å². The fraction of sp³-hybridized carbons (Fsp3) is 0.150. The molecule has 25 heavy (non-hydrogen) atoms. The minimum atomic E-state index is -0.481. The lowest BCUT2D eigenvalue weighted by molar-refractivity contribution is 0.219. The largest absolute Gasteiger partial charge is 0.324 e. The van der Waals surface area contributed by atoms with Crippen molar-refractivity contribution < 1.29 is 9.18 Å². The summed E-state index contributed by atoms with van der Waals surface area (Å²) in [6.07, 6.45) is 0. The molecule has 1 aliphatic rings. The Morgan fingerprint density at radius 2 is 1.76 bits per heavy atom. The van der Waals surface area contributed by atoms with E-state index in [1.807, 2.05) is 18.2 Å². The van der Waals surface area contributed by atoms with Gasteiger partial charge in [-0.15, -0.1) is 0 Å². The van der Waals surface area contributed by atoms with Crippen molar-refractivity contribution >= 4 is 34.1 Å². The molecule has 3 aromatic rings. The molecule has 4 rings (SSSR count). The van der Waals surface area contributed by atoms with Crippen molar-refractivity contribution in [1.29, 1.82) is 0 Å². The molecule has 3 aromatic carbocycles. The van der Waals surface area contributed by atoms with Crippen molar-refractivity contribution in [2.24, 2.45) is 0 Å². The van der Waals surface area contributed by atoms with E-state index in [1.54, 1.807) is 15.9 Å². The maximum Gasteiger partial charge on any atom is 0.324 e. The average Bonchev–Trinajstić information content (AvgIpc) is 2.98. The van der Waals surface area contributed by atoms with Crippen LogP contribution in [0.2, 0.25) is 5.02 Å². The van der Waals surface area contributed by atoms with Crippen LogP contribution in [0, 0.1) is 5.82 Å². The van der Waals surface area contributed by atoms with Crippen LogP contribution >= 0.6 is 11.6 Å². The van der Waals surface area contributed by atoms with Gasteiger partial charge in [-0.25, -0.2) is 9.18 Å². The molecule has 0 N–H and O–H groups in total. The molecule has 1 fully saturated rings. The number of hydrogen-bond donors (Lipinski definition) is 0. The van der Waals surface area contributed by atoms with Crippen molar-refractivity contribution in [3.8, 4) is 0 Å². The molecule has 0 aromatic heterocycles. The number of hydrogen-bond acceptors (Lipinski definition) is 1. The van der Waals surface area contributed by atoms with Crippen molar-refractivity contribution in [1.82, 2.24) is 4.90 Å². The quantitative estimate of drug-likeness (QED) is 0.643. The first kappa shape index (κ1) is 15.9. The van der Waals surface area contributed by atoms with E-state index in [4.69, 9.17) is 11.6 Å². The zero-order chi connectivity index (χ0) is 17.4. The highest BCUT2D eigenvalue weighted by molar-refractivity contribution is 6.31. The van der Waals surface area contributed by atoms with Crippen LogP contribution in [-0.4, -0.2) is 24.0 Å². The standard InChI is InChI=1S/C20H16ClFN2O/c21-18-12-17(7-8-19(18)22)24-10-9-23(20(24)25)13-14-5-6-15-3-1-2-4-16(15)11-14/h1-8,11-12H,9-10,13H2. The minimum absolute atomic E-state index is 0.0262. The van der Waals surface area contributed by atoms with Crippen molar-refractivity contribution in [3.05, 3.63) is 77.1 Å². The molecule has 0 aliphatic carbocycles. The van der Waals surface area contributed by atoms with Gasteiger partial charge < -0.3 is 4.90 Å². The Kier molecular flexibility index (Phi) is 4.06. The lowest BCUT2D eigenvalue weighted by atomic mass is 10.1. The summed E-state index contributed by atoms with van der Waals surface area (Å²) >= 11 is 5.84. The highest BCUT2D eigenvalue weighted by Crippen LogP contribution is 2.26. The van der Waals surface area contributed by atoms with Gasteiger partial charge in [-0.3, -0.25) is 4.90 Å². The van der Waals surface area contributed by atoms with E-state index >= 15 is 0 Å². The Morgan fingerprint density at radius 1 is 0.960 bits per heavy atom. The first-order valence-electron chi connectivity index (χ1n) is 8.11. The molecule has 2 amide bonds. The number of carbonyl (C=O) groups is 1. The van der Waals surface area contributed by atoms with Gasteiger partial charge in [-0.2, -0.15) is 0 Å². The van der Waals surface area contributed by atoms with E-state index in [1.165, 1.54) is 17.5 Å². The number of nitrogens with zero attached hydrogens (tertiary/aromatic N) is 2. The summed E-state index contributed by atoms with van der Waals surface area (Å²) in [5.74, 6) is -0.481. The smallest absolute Gasteiger partial charge is 0.318 e. The number of carbonyl (C=O) groups excluding carboxylic acids is 1. The number of fused-ring (bicyclic) bond motifs is 1. The first-order valence-corrected chi connectivity index (χ1v) is 8.49. The van der Waals surface area contributed by atoms with E-state index < -0.39 is 5.82 Å². The molecule has 5 heteroatoms. The van der Waals surface area contributed by atoms with Crippen LogP contribution in [0.3, 0.4) is 0 Å². The normalized spacial score (nSPS) is 14.6. The van der Waals surface area contributed by atoms with Gasteiger partial charge in [0.2, 0.25) is 0 Å². The molecule has 0 saturated carbocycles. The van der Waals surface area contributed by atoms with E-state index in [0.29, 0.717) is 25.3 Å². The van der Waals surface area contributed by atoms with Gasteiger partial charge in [0.15, 0.2) is 0 Å². The van der Waals surface area contributed by atoms with Gasteiger partial charge >= 0.3 is 6.03 Å². The summed E-state index contributed by atoms with van der Waals surface area (Å²) in [6, 6.07) is 18.7. The van der Waals surface area contributed by atoms with Crippen molar-refractivity contribution in [2.75, 3.05) is 18.0 Å². The lowest BCUT2D eigenvalue weighted by Gasteiger charge is -2.19. The number of anilines is 1. The van der Waals surface area contributed by atoms with Crippen LogP contribution in [0.1, 0.15) is 5.56 Å². The summed E-state index contributed by atoms with van der Waals surface area (Å²) in [7, 11) is 0. The predicted octanol–water partition coefficient (Wildman–Crippen LogP) is 5.07. The van der Waals surface area contributed by atoms with Gasteiger partial charge in [0, 0.05) is 25.3 Å². The molecule has 126 valence electrons. The van der Waals surface area contributed by atoms with Gasteiger partial charge in [-0.1, -0.05) is 48.0 Å². The topological polar surface area (TPSA) is 23.6 Å². The maximum absolute atomic E-state index is 13.3. The van der Waals surface area contributed by atoms with E-state index in [-0.39, 0.29) is 11.1 Å². The highest BCUT2D eigenvalue weighted by Gasteiger charge is 2.29. The molecule has 3 nitrogen and oxygen atoms in total. The summed E-state index contributed by atoms with van der Waals surface area (Å²) in [5.41, 5.74) is 1.71. The van der Waals surface area contributed by atoms with Gasteiger partial charge in [0.1, 0.15) is 5.82 Å². The van der Waals surface area contributed by atoms with E-state index in [9.17, 15) is 9.18 Å². The highest BCUT2D eigenvalue weighted by atomic mass is 35.5. The predicted molar refractivity (Wildman–Crippen MR) is 98.5 cm³/mol. The molecule has 0 atom stereocenters. The van der Waals surface area contributed by atoms with Crippen LogP contribution < -0.4 is 4.90 Å². The van der Waals surface area contributed by atoms with Crippen LogP contribution in [0.5, 0.6) is 0 Å². The molecule has 0 unspecified atom stereocenters. The average molecular weight is 355 g/mol. The summed E-state index contributed by atoms with van der Waals surface area (Å²) in [4.78, 5) is 16.1. The number of rotatable bonds is 3. The molecule has 0 spiro atoms. The van der Waals surface area contributed by atoms with E-state index in [0.717, 1.165) is 10.9 Å². The molecule has 1 heterocycles. The van der Waals surface area contributed by atoms with Crippen LogP contribution in [0.4, 0.5) is 14.9 Å². The first-order chi connectivity index (χ1) is 12.1. The Hall–Kier alpha value is -2.59. The molecule has 0 radical (unpaired) electrons. The Morgan fingerprint density at radius 3 is 2.56 bits per heavy atom. The van der Waals surface area contributed by atoms with Gasteiger partial charge in [0.25, 0.3) is 0 Å². The zero-order valence-corrected chi connectivity index (χ0v) is 14.2. The third kappa shape index (κ3) is 3.05. The van der Waals surface area contributed by atoms with Gasteiger partial charge in [0.05, 0.1) is 5.02 Å². The second kappa shape index (κ2) is 6.37. The van der Waals surface area contributed by atoms with Crippen LogP contribution in [0.15, 0.2) is 60.7 Å². The summed E-state index contributed by atoms with van der Waals surface area (Å²) < 4.78 is 13.3.